The highest BCUT2D eigenvalue weighted by molar-refractivity contribution is 4.90. The van der Waals surface area contributed by atoms with Gasteiger partial charge < -0.3 is 44.5 Å². The highest BCUT2D eigenvalue weighted by Gasteiger charge is 2.48. The highest BCUT2D eigenvalue weighted by atomic mass is 16.7. The molecule has 0 radical (unpaired) electrons. The van der Waals surface area contributed by atoms with Crippen molar-refractivity contribution in [2.75, 3.05) is 20.3 Å². The summed E-state index contributed by atoms with van der Waals surface area (Å²) in [7, 11) is 1.33. The fraction of sp³-hybridized carbons (Fsp3) is 1.00. The van der Waals surface area contributed by atoms with Crippen molar-refractivity contribution in [1.82, 2.24) is 0 Å². The molecule has 2 fully saturated rings. The molecule has 2 saturated heterocycles. The summed E-state index contributed by atoms with van der Waals surface area (Å²) in [5, 5.41) is 48.0. The Hall–Kier alpha value is -0.360. The van der Waals surface area contributed by atoms with Gasteiger partial charge in [-0.2, -0.15) is 0 Å². The summed E-state index contributed by atoms with van der Waals surface area (Å²) in [5.41, 5.74) is 0. The first-order valence-electron chi connectivity index (χ1n) is 6.28. The van der Waals surface area contributed by atoms with Gasteiger partial charge in [-0.15, -0.1) is 0 Å². The predicted molar refractivity (Wildman–Crippen MR) is 61.4 cm³/mol. The highest BCUT2D eigenvalue weighted by Crippen LogP contribution is 2.27. The molecule has 118 valence electrons. The Labute approximate surface area is 115 Å². The van der Waals surface area contributed by atoms with Crippen molar-refractivity contribution < 1.29 is 44.5 Å². The Morgan fingerprint density at radius 3 is 2.30 bits per heavy atom. The number of hydrogen-bond donors (Lipinski definition) is 5. The maximum absolute atomic E-state index is 9.95. The van der Waals surface area contributed by atoms with Crippen LogP contribution in [0.4, 0.5) is 0 Å². The second kappa shape index (κ2) is 6.60. The monoisotopic (exact) mass is 296 g/mol. The summed E-state index contributed by atoms with van der Waals surface area (Å²) < 4.78 is 20.4. The zero-order valence-electron chi connectivity index (χ0n) is 10.9. The van der Waals surface area contributed by atoms with Gasteiger partial charge in [0.25, 0.3) is 0 Å². The van der Waals surface area contributed by atoms with Crippen LogP contribution < -0.4 is 0 Å². The van der Waals surface area contributed by atoms with E-state index in [-0.39, 0.29) is 6.61 Å². The first kappa shape index (κ1) is 16.0. The van der Waals surface area contributed by atoms with E-state index in [2.05, 4.69) is 0 Å². The molecule has 0 aromatic carbocycles. The Morgan fingerprint density at radius 1 is 1.05 bits per heavy atom. The van der Waals surface area contributed by atoms with Crippen LogP contribution in [0.1, 0.15) is 0 Å². The molecular formula is C11H20O9. The summed E-state index contributed by atoms with van der Waals surface area (Å²) in [4.78, 5) is 0. The molecule has 9 nitrogen and oxygen atoms in total. The second-order valence-electron chi connectivity index (χ2n) is 4.80. The van der Waals surface area contributed by atoms with Crippen molar-refractivity contribution in [3.05, 3.63) is 0 Å². The molecule has 0 saturated carbocycles. The van der Waals surface area contributed by atoms with Crippen LogP contribution in [-0.2, 0) is 18.9 Å². The molecule has 0 unspecified atom stereocenters. The molecule has 0 aliphatic carbocycles. The van der Waals surface area contributed by atoms with Crippen molar-refractivity contribution in [2.24, 2.45) is 0 Å². The third-order valence-electron chi connectivity index (χ3n) is 3.45. The minimum absolute atomic E-state index is 0.116. The standard InChI is InChI=1S/C11H20O9/c1-17-10-8(16)9(4(13)3-18-10)20-11-7(15)6(14)5(2-12)19-11/h4-16H,2-3H2,1H3/t4-,5+,6+,7-,8-,9+,10-,11+/m1/s1. The van der Waals surface area contributed by atoms with Crippen LogP contribution in [0.25, 0.3) is 0 Å². The van der Waals surface area contributed by atoms with Crippen molar-refractivity contribution in [2.45, 2.75) is 49.2 Å². The third kappa shape index (κ3) is 2.96. The normalized spacial score (nSPS) is 49.5. The topological polar surface area (TPSA) is 138 Å². The predicted octanol–water partition coefficient (Wildman–Crippen LogP) is -3.46. The van der Waals surface area contributed by atoms with Gasteiger partial charge >= 0.3 is 0 Å². The first-order valence-corrected chi connectivity index (χ1v) is 6.28. The molecule has 0 aromatic heterocycles. The van der Waals surface area contributed by atoms with Crippen LogP contribution in [0.15, 0.2) is 0 Å². The Balaban J connectivity index is 2.01. The van der Waals surface area contributed by atoms with Gasteiger partial charge in [0.2, 0.25) is 0 Å². The van der Waals surface area contributed by atoms with E-state index in [1.54, 1.807) is 0 Å². The average Bonchev–Trinajstić information content (AvgIpc) is 2.71. The van der Waals surface area contributed by atoms with Gasteiger partial charge in [-0.05, 0) is 0 Å². The van der Waals surface area contributed by atoms with Gasteiger partial charge in [-0.1, -0.05) is 0 Å². The SMILES string of the molecule is CO[C@@H]1OC[C@@H](O)[C@H](O[C@@H]2O[C@@H](CO)[C@H](O)[C@H]2O)[C@H]1O. The lowest BCUT2D eigenvalue weighted by Crippen LogP contribution is -2.56. The molecule has 2 aliphatic heterocycles. The smallest absolute Gasteiger partial charge is 0.187 e. The summed E-state index contributed by atoms with van der Waals surface area (Å²) in [6, 6.07) is 0. The van der Waals surface area contributed by atoms with Crippen LogP contribution in [0, 0.1) is 0 Å². The molecule has 5 N–H and O–H groups in total. The van der Waals surface area contributed by atoms with E-state index in [1.807, 2.05) is 0 Å². The number of ether oxygens (including phenoxy) is 4. The quantitative estimate of drug-likeness (QED) is 0.358. The largest absolute Gasteiger partial charge is 0.394 e. The molecular weight excluding hydrogens is 276 g/mol. The van der Waals surface area contributed by atoms with Crippen molar-refractivity contribution in [3.63, 3.8) is 0 Å². The van der Waals surface area contributed by atoms with Gasteiger partial charge in [0.15, 0.2) is 12.6 Å². The van der Waals surface area contributed by atoms with Crippen LogP contribution in [0.3, 0.4) is 0 Å². The summed E-state index contributed by atoms with van der Waals surface area (Å²) in [5.74, 6) is 0. The fourth-order valence-electron chi connectivity index (χ4n) is 2.28. The maximum atomic E-state index is 9.95. The molecule has 2 rings (SSSR count). The van der Waals surface area contributed by atoms with Crippen LogP contribution >= 0.6 is 0 Å². The van der Waals surface area contributed by atoms with Gasteiger partial charge in [0.1, 0.15) is 36.6 Å². The summed E-state index contributed by atoms with van der Waals surface area (Å²) in [6.45, 7) is -0.604. The average molecular weight is 296 g/mol. The summed E-state index contributed by atoms with van der Waals surface area (Å²) >= 11 is 0. The molecule has 2 aliphatic rings. The molecule has 0 spiro atoms. The lowest BCUT2D eigenvalue weighted by molar-refractivity contribution is -0.303. The number of rotatable bonds is 4. The van der Waals surface area contributed by atoms with Crippen molar-refractivity contribution in [1.29, 1.82) is 0 Å². The molecule has 8 atom stereocenters. The number of methoxy groups -OCH3 is 1. The van der Waals surface area contributed by atoms with Gasteiger partial charge in [-0.3, -0.25) is 0 Å². The Bertz CT molecular complexity index is 314. The zero-order valence-corrected chi connectivity index (χ0v) is 10.9. The molecule has 0 amide bonds. The van der Waals surface area contributed by atoms with Crippen LogP contribution in [0.5, 0.6) is 0 Å². The van der Waals surface area contributed by atoms with E-state index in [1.165, 1.54) is 7.11 Å². The van der Waals surface area contributed by atoms with E-state index in [9.17, 15) is 20.4 Å². The minimum atomic E-state index is -1.39. The minimum Gasteiger partial charge on any atom is -0.394 e. The van der Waals surface area contributed by atoms with Gasteiger partial charge in [0.05, 0.1) is 13.2 Å². The van der Waals surface area contributed by atoms with E-state index in [0.29, 0.717) is 0 Å². The number of aliphatic hydroxyl groups is 5. The fourth-order valence-corrected chi connectivity index (χ4v) is 2.28. The molecule has 0 bridgehead atoms. The van der Waals surface area contributed by atoms with E-state index >= 15 is 0 Å². The second-order valence-corrected chi connectivity index (χ2v) is 4.80. The molecule has 2 heterocycles. The van der Waals surface area contributed by atoms with Crippen molar-refractivity contribution >= 4 is 0 Å². The van der Waals surface area contributed by atoms with Crippen LogP contribution in [-0.4, -0.2) is 95.1 Å². The summed E-state index contributed by atoms with van der Waals surface area (Å²) in [6.07, 6.45) is -9.47. The molecule has 0 aromatic rings. The van der Waals surface area contributed by atoms with Crippen LogP contribution in [0.2, 0.25) is 0 Å². The first-order chi connectivity index (χ1) is 9.49. The number of aliphatic hydroxyl groups excluding tert-OH is 5. The maximum Gasteiger partial charge on any atom is 0.187 e. The van der Waals surface area contributed by atoms with Crippen molar-refractivity contribution in [3.8, 4) is 0 Å². The third-order valence-corrected chi connectivity index (χ3v) is 3.45. The van der Waals surface area contributed by atoms with E-state index < -0.39 is 55.8 Å². The van der Waals surface area contributed by atoms with E-state index in [4.69, 9.17) is 24.1 Å². The Kier molecular flexibility index (Phi) is 5.29. The lowest BCUT2D eigenvalue weighted by Gasteiger charge is -2.38. The van der Waals surface area contributed by atoms with Gasteiger partial charge in [-0.25, -0.2) is 0 Å². The zero-order chi connectivity index (χ0) is 14.9. The van der Waals surface area contributed by atoms with E-state index in [0.717, 1.165) is 0 Å². The number of hydrogen-bond acceptors (Lipinski definition) is 9. The molecule has 9 heteroatoms. The Morgan fingerprint density at radius 2 is 1.75 bits per heavy atom. The molecule has 20 heavy (non-hydrogen) atoms. The lowest BCUT2D eigenvalue weighted by atomic mass is 10.0. The van der Waals surface area contributed by atoms with Gasteiger partial charge in [0, 0.05) is 7.11 Å².